The first kappa shape index (κ1) is 21.9. The van der Waals surface area contributed by atoms with Gasteiger partial charge < -0.3 is 15.5 Å². The molecule has 1 aliphatic carbocycles. The third kappa shape index (κ3) is 5.79. The normalized spacial score (nSPS) is 18.7. The van der Waals surface area contributed by atoms with E-state index in [0.717, 1.165) is 43.1 Å². The fraction of sp³-hybridized carbons (Fsp3) is 0.450. The minimum atomic E-state index is -0.337. The Morgan fingerprint density at radius 3 is 2.29 bits per heavy atom. The van der Waals surface area contributed by atoms with Crippen LogP contribution in [0.4, 0.5) is 16.0 Å². The summed E-state index contributed by atoms with van der Waals surface area (Å²) in [6, 6.07) is 8.06. The number of carbonyl (C=O) groups excluding carboxylic acids is 1. The van der Waals surface area contributed by atoms with Crippen molar-refractivity contribution >= 4 is 29.9 Å². The molecule has 6 nitrogen and oxygen atoms in total. The van der Waals surface area contributed by atoms with E-state index in [1.807, 2.05) is 32.0 Å². The van der Waals surface area contributed by atoms with Gasteiger partial charge in [0.15, 0.2) is 0 Å². The first-order chi connectivity index (χ1) is 12.9. The molecule has 1 aromatic carbocycles. The van der Waals surface area contributed by atoms with Crippen molar-refractivity contribution in [2.24, 2.45) is 0 Å². The molecule has 0 atom stereocenters. The lowest BCUT2D eigenvalue weighted by molar-refractivity contribution is 0.0926. The predicted octanol–water partition coefficient (Wildman–Crippen LogP) is 3.57. The Bertz CT molecular complexity index is 792. The summed E-state index contributed by atoms with van der Waals surface area (Å²) in [5.41, 5.74) is 0.490. The zero-order valence-electron chi connectivity index (χ0n) is 16.4. The quantitative estimate of drug-likeness (QED) is 0.793. The van der Waals surface area contributed by atoms with E-state index < -0.39 is 0 Å². The molecule has 152 valence electrons. The van der Waals surface area contributed by atoms with Crippen molar-refractivity contribution in [3.63, 3.8) is 0 Å². The molecule has 0 radical (unpaired) electrons. The number of aryl methyl sites for hydroxylation is 1. The first-order valence-electron chi connectivity index (χ1n) is 9.26. The number of halogens is 2. The van der Waals surface area contributed by atoms with Crippen LogP contribution in [0.25, 0.3) is 0 Å². The smallest absolute Gasteiger partial charge is 0.251 e. The average Bonchev–Trinajstić information content (AvgIpc) is 2.63. The van der Waals surface area contributed by atoms with Gasteiger partial charge in [0.25, 0.3) is 5.91 Å². The molecule has 0 spiro atoms. The number of carbonyl (C=O) groups is 1. The van der Waals surface area contributed by atoms with Gasteiger partial charge >= 0.3 is 0 Å². The summed E-state index contributed by atoms with van der Waals surface area (Å²) in [6.45, 7) is 1.89. The zero-order chi connectivity index (χ0) is 19.4. The van der Waals surface area contributed by atoms with E-state index in [0.29, 0.717) is 11.6 Å². The number of aromatic nitrogens is 2. The Balaban J connectivity index is 0.00000280. The molecule has 28 heavy (non-hydrogen) atoms. The molecule has 0 unspecified atom stereocenters. The maximum atomic E-state index is 13.0. The number of rotatable bonds is 5. The fourth-order valence-electron chi connectivity index (χ4n) is 3.32. The molecule has 0 aliphatic heterocycles. The van der Waals surface area contributed by atoms with Crippen LogP contribution in [0.1, 0.15) is 41.9 Å². The van der Waals surface area contributed by atoms with Crippen molar-refractivity contribution in [3.8, 4) is 0 Å². The number of hydrogen-bond donors (Lipinski definition) is 2. The van der Waals surface area contributed by atoms with E-state index in [1.54, 1.807) is 0 Å². The summed E-state index contributed by atoms with van der Waals surface area (Å²) in [4.78, 5) is 23.1. The third-order valence-corrected chi connectivity index (χ3v) is 4.80. The number of nitrogens with one attached hydrogen (secondary N) is 2. The summed E-state index contributed by atoms with van der Waals surface area (Å²) in [7, 11) is 3.92. The van der Waals surface area contributed by atoms with Gasteiger partial charge in [0.05, 0.1) is 0 Å². The summed E-state index contributed by atoms with van der Waals surface area (Å²) >= 11 is 0. The lowest BCUT2D eigenvalue weighted by Gasteiger charge is -2.30. The van der Waals surface area contributed by atoms with Crippen LogP contribution < -0.4 is 15.5 Å². The summed E-state index contributed by atoms with van der Waals surface area (Å²) in [5.74, 6) is 1.98. The molecule has 1 heterocycles. The highest BCUT2D eigenvalue weighted by Crippen LogP contribution is 2.23. The standard InChI is InChI=1S/C20H26FN5O.ClH/c1-13-22-18(12-19(23-13)26(2)3)24-16-8-10-17(11-9-16)25-20(27)14-4-6-15(21)7-5-14;/h4-7,12,16-17H,8-11H2,1-3H3,(H,25,27)(H,22,23,24);1H. The molecule has 3 rings (SSSR count). The van der Waals surface area contributed by atoms with Crippen molar-refractivity contribution in [1.82, 2.24) is 15.3 Å². The van der Waals surface area contributed by atoms with E-state index in [-0.39, 0.29) is 30.2 Å². The largest absolute Gasteiger partial charge is 0.367 e. The molecule has 1 saturated carbocycles. The fourth-order valence-corrected chi connectivity index (χ4v) is 3.32. The van der Waals surface area contributed by atoms with E-state index in [2.05, 4.69) is 20.6 Å². The second kappa shape index (κ2) is 9.68. The third-order valence-electron chi connectivity index (χ3n) is 4.80. The van der Waals surface area contributed by atoms with Crippen molar-refractivity contribution in [3.05, 3.63) is 47.5 Å². The SMILES string of the molecule is Cc1nc(NC2CCC(NC(=O)c3ccc(F)cc3)CC2)cc(N(C)C)n1.Cl. The molecular formula is C20H27ClFN5O. The molecule has 0 saturated heterocycles. The van der Waals surface area contributed by atoms with E-state index in [4.69, 9.17) is 0 Å². The second-order valence-electron chi connectivity index (χ2n) is 7.23. The number of benzene rings is 1. The molecule has 8 heteroatoms. The van der Waals surface area contributed by atoms with Crippen LogP contribution >= 0.6 is 12.4 Å². The van der Waals surface area contributed by atoms with Gasteiger partial charge in [-0.15, -0.1) is 12.4 Å². The van der Waals surface area contributed by atoms with Crippen LogP contribution in [0, 0.1) is 12.7 Å². The van der Waals surface area contributed by atoms with E-state index in [9.17, 15) is 9.18 Å². The van der Waals surface area contributed by atoms with Crippen molar-refractivity contribution in [1.29, 1.82) is 0 Å². The van der Waals surface area contributed by atoms with Gasteiger partial charge in [-0.2, -0.15) is 0 Å². The number of nitrogens with zero attached hydrogens (tertiary/aromatic N) is 3. The van der Waals surface area contributed by atoms with E-state index >= 15 is 0 Å². The molecule has 1 fully saturated rings. The Labute approximate surface area is 171 Å². The van der Waals surface area contributed by atoms with Crippen LogP contribution in [0.3, 0.4) is 0 Å². The van der Waals surface area contributed by atoms with Crippen LogP contribution in [0.2, 0.25) is 0 Å². The van der Waals surface area contributed by atoms with Crippen LogP contribution in [-0.2, 0) is 0 Å². The number of hydrogen-bond acceptors (Lipinski definition) is 5. The molecule has 2 N–H and O–H groups in total. The minimum absolute atomic E-state index is 0. The monoisotopic (exact) mass is 407 g/mol. The van der Waals surface area contributed by atoms with E-state index in [1.165, 1.54) is 24.3 Å². The van der Waals surface area contributed by atoms with Crippen LogP contribution in [0.5, 0.6) is 0 Å². The van der Waals surface area contributed by atoms with Gasteiger partial charge in [0, 0.05) is 37.8 Å². The van der Waals surface area contributed by atoms with Gasteiger partial charge in [-0.1, -0.05) is 0 Å². The first-order valence-corrected chi connectivity index (χ1v) is 9.26. The number of anilines is 2. The van der Waals surface area contributed by atoms with Crippen LogP contribution in [-0.4, -0.2) is 42.1 Å². The molecule has 1 aliphatic rings. The molecule has 0 bridgehead atoms. The maximum absolute atomic E-state index is 13.0. The summed E-state index contributed by atoms with van der Waals surface area (Å²) in [5, 5.41) is 6.55. The minimum Gasteiger partial charge on any atom is -0.367 e. The number of amides is 1. The topological polar surface area (TPSA) is 70.2 Å². The van der Waals surface area contributed by atoms with Gasteiger partial charge in [-0.3, -0.25) is 4.79 Å². The average molecular weight is 408 g/mol. The van der Waals surface area contributed by atoms with Gasteiger partial charge in [-0.05, 0) is 56.9 Å². The Hall–Kier alpha value is -2.41. The van der Waals surface area contributed by atoms with Crippen molar-refractivity contribution in [2.45, 2.75) is 44.7 Å². The second-order valence-corrected chi connectivity index (χ2v) is 7.23. The molecule has 2 aromatic rings. The molecule has 1 amide bonds. The predicted molar refractivity (Wildman–Crippen MR) is 112 cm³/mol. The lowest BCUT2D eigenvalue weighted by atomic mass is 9.91. The highest BCUT2D eigenvalue weighted by molar-refractivity contribution is 5.94. The Morgan fingerprint density at radius 2 is 1.68 bits per heavy atom. The summed E-state index contributed by atoms with van der Waals surface area (Å²) < 4.78 is 13.0. The molecule has 1 aromatic heterocycles. The maximum Gasteiger partial charge on any atom is 0.251 e. The summed E-state index contributed by atoms with van der Waals surface area (Å²) in [6.07, 6.45) is 3.70. The van der Waals surface area contributed by atoms with Crippen LogP contribution in [0.15, 0.2) is 30.3 Å². The van der Waals surface area contributed by atoms with Gasteiger partial charge in [0.1, 0.15) is 23.3 Å². The highest BCUT2D eigenvalue weighted by atomic mass is 35.5. The Kier molecular flexibility index (Phi) is 7.57. The van der Waals surface area contributed by atoms with Gasteiger partial charge in [-0.25, -0.2) is 14.4 Å². The lowest BCUT2D eigenvalue weighted by Crippen LogP contribution is -2.40. The van der Waals surface area contributed by atoms with Gasteiger partial charge in [0.2, 0.25) is 0 Å². The highest BCUT2D eigenvalue weighted by Gasteiger charge is 2.23. The Morgan fingerprint density at radius 1 is 1.07 bits per heavy atom. The van der Waals surface area contributed by atoms with Crippen molar-refractivity contribution in [2.75, 3.05) is 24.3 Å². The van der Waals surface area contributed by atoms with Crippen molar-refractivity contribution < 1.29 is 9.18 Å². The zero-order valence-corrected chi connectivity index (χ0v) is 17.2. The molecular weight excluding hydrogens is 381 g/mol.